The van der Waals surface area contributed by atoms with Gasteiger partial charge in [0.2, 0.25) is 0 Å². The van der Waals surface area contributed by atoms with Crippen LogP contribution in [0.5, 0.6) is 0 Å². The molecular formula is C12H17BrFNO2. The van der Waals surface area contributed by atoms with E-state index in [1.54, 1.807) is 12.1 Å². The maximum Gasteiger partial charge on any atom is 0.176 e. The molecule has 0 heterocycles. The van der Waals surface area contributed by atoms with Crippen LogP contribution in [0.15, 0.2) is 22.7 Å². The fourth-order valence-electron chi connectivity index (χ4n) is 1.50. The summed E-state index contributed by atoms with van der Waals surface area (Å²) in [4.78, 5) is 0. The zero-order valence-electron chi connectivity index (χ0n) is 9.95. The Labute approximate surface area is 109 Å². The van der Waals surface area contributed by atoms with Crippen LogP contribution in [0.2, 0.25) is 0 Å². The highest BCUT2D eigenvalue weighted by atomic mass is 79.9. The molecule has 0 fully saturated rings. The fourth-order valence-corrected chi connectivity index (χ4v) is 1.88. The summed E-state index contributed by atoms with van der Waals surface area (Å²) in [6.07, 6.45) is -0.631. The minimum absolute atomic E-state index is 0.356. The van der Waals surface area contributed by atoms with Crippen LogP contribution in [0.25, 0.3) is 0 Å². The SMILES string of the molecule is CCOC(OCC)C(N)c1cc(Br)ccc1F. The van der Waals surface area contributed by atoms with Crippen molar-refractivity contribution < 1.29 is 13.9 Å². The molecule has 1 rings (SSSR count). The lowest BCUT2D eigenvalue weighted by atomic mass is 10.1. The second-order valence-corrected chi connectivity index (χ2v) is 4.39. The summed E-state index contributed by atoms with van der Waals surface area (Å²) >= 11 is 3.29. The highest BCUT2D eigenvalue weighted by molar-refractivity contribution is 9.10. The van der Waals surface area contributed by atoms with Gasteiger partial charge in [-0.3, -0.25) is 0 Å². The Morgan fingerprint density at radius 2 is 1.88 bits per heavy atom. The van der Waals surface area contributed by atoms with Gasteiger partial charge >= 0.3 is 0 Å². The van der Waals surface area contributed by atoms with E-state index in [1.807, 2.05) is 13.8 Å². The topological polar surface area (TPSA) is 44.5 Å². The van der Waals surface area contributed by atoms with E-state index in [1.165, 1.54) is 6.07 Å². The van der Waals surface area contributed by atoms with E-state index in [9.17, 15) is 4.39 Å². The van der Waals surface area contributed by atoms with Crippen molar-refractivity contribution in [2.45, 2.75) is 26.2 Å². The van der Waals surface area contributed by atoms with Gasteiger partial charge in [0.05, 0.1) is 6.04 Å². The molecule has 0 aliphatic carbocycles. The van der Waals surface area contributed by atoms with Crippen molar-refractivity contribution in [1.82, 2.24) is 0 Å². The predicted molar refractivity (Wildman–Crippen MR) is 68.1 cm³/mol. The van der Waals surface area contributed by atoms with Gasteiger partial charge in [-0.05, 0) is 32.0 Å². The molecule has 0 aromatic heterocycles. The lowest BCUT2D eigenvalue weighted by molar-refractivity contribution is -0.149. The van der Waals surface area contributed by atoms with Gasteiger partial charge in [-0.2, -0.15) is 0 Å². The molecule has 2 N–H and O–H groups in total. The minimum Gasteiger partial charge on any atom is -0.351 e. The molecule has 0 saturated carbocycles. The predicted octanol–water partition coefficient (Wildman–Crippen LogP) is 2.99. The monoisotopic (exact) mass is 305 g/mol. The number of rotatable bonds is 6. The van der Waals surface area contributed by atoms with E-state index in [0.717, 1.165) is 4.47 Å². The fraction of sp³-hybridized carbons (Fsp3) is 0.500. The Kier molecular flexibility index (Phi) is 6.05. The number of hydrogen-bond donors (Lipinski definition) is 1. The van der Waals surface area contributed by atoms with Gasteiger partial charge in [0, 0.05) is 23.2 Å². The standard InChI is InChI=1S/C12H17BrFNO2/c1-3-16-12(17-4-2)11(15)9-7-8(13)5-6-10(9)14/h5-7,11-12H,3-4,15H2,1-2H3. The zero-order valence-corrected chi connectivity index (χ0v) is 11.5. The number of ether oxygens (including phenoxy) is 2. The van der Waals surface area contributed by atoms with Crippen molar-refractivity contribution in [2.75, 3.05) is 13.2 Å². The first-order valence-corrected chi connectivity index (χ1v) is 6.33. The van der Waals surface area contributed by atoms with E-state index < -0.39 is 12.3 Å². The van der Waals surface area contributed by atoms with Gasteiger partial charge in [0.15, 0.2) is 6.29 Å². The molecule has 3 nitrogen and oxygen atoms in total. The smallest absolute Gasteiger partial charge is 0.176 e. The summed E-state index contributed by atoms with van der Waals surface area (Å²) in [6.45, 7) is 4.62. The van der Waals surface area contributed by atoms with Crippen molar-refractivity contribution in [3.05, 3.63) is 34.1 Å². The van der Waals surface area contributed by atoms with Crippen molar-refractivity contribution in [2.24, 2.45) is 5.73 Å². The van der Waals surface area contributed by atoms with Crippen molar-refractivity contribution in [1.29, 1.82) is 0 Å². The Morgan fingerprint density at radius 1 is 1.29 bits per heavy atom. The lowest BCUT2D eigenvalue weighted by Crippen LogP contribution is -2.32. The molecule has 0 spiro atoms. The Morgan fingerprint density at radius 3 is 2.41 bits per heavy atom. The third-order valence-corrected chi connectivity index (χ3v) is 2.77. The molecule has 0 aliphatic rings. The van der Waals surface area contributed by atoms with Gasteiger partial charge in [0.25, 0.3) is 0 Å². The van der Waals surface area contributed by atoms with E-state index in [0.29, 0.717) is 18.8 Å². The molecule has 1 aromatic carbocycles. The normalized spacial score (nSPS) is 13.1. The van der Waals surface area contributed by atoms with E-state index in [4.69, 9.17) is 15.2 Å². The van der Waals surface area contributed by atoms with Crippen LogP contribution in [0, 0.1) is 5.82 Å². The first-order chi connectivity index (χ1) is 8.10. The van der Waals surface area contributed by atoms with Gasteiger partial charge in [-0.15, -0.1) is 0 Å². The quantitative estimate of drug-likeness (QED) is 0.822. The number of halogens is 2. The average molecular weight is 306 g/mol. The lowest BCUT2D eigenvalue weighted by Gasteiger charge is -2.24. The van der Waals surface area contributed by atoms with Crippen LogP contribution in [0.1, 0.15) is 25.5 Å². The number of nitrogens with two attached hydrogens (primary N) is 1. The maximum absolute atomic E-state index is 13.6. The molecule has 0 saturated heterocycles. The van der Waals surface area contributed by atoms with Crippen LogP contribution in [0.4, 0.5) is 4.39 Å². The average Bonchev–Trinajstić information content (AvgIpc) is 2.31. The van der Waals surface area contributed by atoms with E-state index >= 15 is 0 Å². The number of benzene rings is 1. The second kappa shape index (κ2) is 7.06. The third kappa shape index (κ3) is 4.03. The summed E-state index contributed by atoms with van der Waals surface area (Å²) < 4.78 is 25.2. The molecule has 0 radical (unpaired) electrons. The molecule has 1 unspecified atom stereocenters. The molecule has 5 heteroatoms. The summed E-state index contributed by atoms with van der Waals surface area (Å²) in [5, 5.41) is 0. The molecule has 0 aliphatic heterocycles. The molecule has 17 heavy (non-hydrogen) atoms. The zero-order chi connectivity index (χ0) is 12.8. The van der Waals surface area contributed by atoms with Crippen LogP contribution < -0.4 is 5.73 Å². The Hall–Kier alpha value is -0.490. The molecule has 1 atom stereocenters. The van der Waals surface area contributed by atoms with Gasteiger partial charge in [-0.25, -0.2) is 4.39 Å². The summed E-state index contributed by atoms with van der Waals surface area (Å²) in [5.41, 5.74) is 6.35. The van der Waals surface area contributed by atoms with Crippen LogP contribution in [-0.4, -0.2) is 19.5 Å². The van der Waals surface area contributed by atoms with Gasteiger partial charge < -0.3 is 15.2 Å². The minimum atomic E-state index is -0.646. The van der Waals surface area contributed by atoms with Crippen molar-refractivity contribution in [3.63, 3.8) is 0 Å². The third-order valence-electron chi connectivity index (χ3n) is 2.27. The molecule has 1 aromatic rings. The largest absolute Gasteiger partial charge is 0.351 e. The molecule has 0 amide bonds. The Balaban J connectivity index is 2.91. The molecular weight excluding hydrogens is 289 g/mol. The highest BCUT2D eigenvalue weighted by Crippen LogP contribution is 2.24. The van der Waals surface area contributed by atoms with Gasteiger partial charge in [0.1, 0.15) is 5.82 Å². The summed E-state index contributed by atoms with van der Waals surface area (Å²) in [7, 11) is 0. The summed E-state index contributed by atoms with van der Waals surface area (Å²) in [6, 6.07) is 3.99. The number of hydrogen-bond acceptors (Lipinski definition) is 3. The van der Waals surface area contributed by atoms with Crippen LogP contribution in [0.3, 0.4) is 0 Å². The van der Waals surface area contributed by atoms with Crippen molar-refractivity contribution >= 4 is 15.9 Å². The van der Waals surface area contributed by atoms with Crippen LogP contribution in [-0.2, 0) is 9.47 Å². The molecule has 0 bridgehead atoms. The first kappa shape index (κ1) is 14.6. The van der Waals surface area contributed by atoms with Crippen molar-refractivity contribution in [3.8, 4) is 0 Å². The molecule has 96 valence electrons. The second-order valence-electron chi connectivity index (χ2n) is 3.47. The van der Waals surface area contributed by atoms with Gasteiger partial charge in [-0.1, -0.05) is 15.9 Å². The van der Waals surface area contributed by atoms with E-state index in [2.05, 4.69) is 15.9 Å². The summed E-state index contributed by atoms with van der Waals surface area (Å²) in [5.74, 6) is -0.356. The van der Waals surface area contributed by atoms with E-state index in [-0.39, 0.29) is 5.82 Å². The first-order valence-electron chi connectivity index (χ1n) is 5.53. The van der Waals surface area contributed by atoms with Crippen LogP contribution >= 0.6 is 15.9 Å². The maximum atomic E-state index is 13.6. The Bertz CT molecular complexity index is 356. The highest BCUT2D eigenvalue weighted by Gasteiger charge is 2.23.